The van der Waals surface area contributed by atoms with Crippen LogP contribution in [0.2, 0.25) is 5.02 Å². The lowest BCUT2D eigenvalue weighted by atomic mass is 10.2. The third kappa shape index (κ3) is 4.95. The number of rotatable bonds is 7. The Morgan fingerprint density at radius 3 is 2.70 bits per heavy atom. The molecule has 0 atom stereocenters. The maximum Gasteiger partial charge on any atom is 0.342 e. The lowest BCUT2D eigenvalue weighted by Gasteiger charge is -2.07. The van der Waals surface area contributed by atoms with Crippen molar-refractivity contribution in [2.75, 3.05) is 7.11 Å². The average Bonchev–Trinajstić information content (AvgIpc) is 3.13. The van der Waals surface area contributed by atoms with Crippen molar-refractivity contribution >= 4 is 17.6 Å². The van der Waals surface area contributed by atoms with Crippen molar-refractivity contribution in [3.63, 3.8) is 0 Å². The quantitative estimate of drug-likeness (QED) is 0.565. The Morgan fingerprint density at radius 2 is 1.96 bits per heavy atom. The molecule has 9 heteroatoms. The molecule has 0 saturated heterocycles. The van der Waals surface area contributed by atoms with E-state index in [0.29, 0.717) is 16.5 Å². The number of methoxy groups -OCH3 is 1. The minimum Gasteiger partial charge on any atom is -0.496 e. The molecule has 0 amide bonds. The molecular formula is C18H14ClFN2O5. The van der Waals surface area contributed by atoms with E-state index in [1.165, 1.54) is 37.4 Å². The van der Waals surface area contributed by atoms with Gasteiger partial charge in [0.05, 0.1) is 7.11 Å². The van der Waals surface area contributed by atoms with Gasteiger partial charge in [-0.25, -0.2) is 9.18 Å². The van der Waals surface area contributed by atoms with Crippen LogP contribution in [0.5, 0.6) is 11.5 Å². The number of ether oxygens (including phenoxy) is 3. The van der Waals surface area contributed by atoms with Gasteiger partial charge in [-0.05, 0) is 42.5 Å². The van der Waals surface area contributed by atoms with Crippen LogP contribution in [0, 0.1) is 5.82 Å². The van der Waals surface area contributed by atoms with Gasteiger partial charge in [0.1, 0.15) is 22.9 Å². The zero-order valence-corrected chi connectivity index (χ0v) is 14.9. The molecule has 7 nitrogen and oxygen atoms in total. The van der Waals surface area contributed by atoms with Crippen LogP contribution in [-0.4, -0.2) is 23.2 Å². The minimum atomic E-state index is -0.642. The van der Waals surface area contributed by atoms with E-state index in [2.05, 4.69) is 10.1 Å². The summed E-state index contributed by atoms with van der Waals surface area (Å²) in [6, 6.07) is 10.1. The van der Waals surface area contributed by atoms with Crippen molar-refractivity contribution in [3.8, 4) is 11.5 Å². The predicted molar refractivity (Wildman–Crippen MR) is 92.2 cm³/mol. The fourth-order valence-electron chi connectivity index (χ4n) is 2.13. The van der Waals surface area contributed by atoms with E-state index in [-0.39, 0.29) is 36.3 Å². The van der Waals surface area contributed by atoms with Crippen LogP contribution in [0.3, 0.4) is 0 Å². The van der Waals surface area contributed by atoms with Crippen LogP contribution < -0.4 is 9.47 Å². The Hall–Kier alpha value is -3.13. The Balaban J connectivity index is 1.55. The topological polar surface area (TPSA) is 83.7 Å². The number of carbonyl (C=O) groups is 1. The van der Waals surface area contributed by atoms with Gasteiger partial charge >= 0.3 is 5.97 Å². The first kappa shape index (κ1) is 18.7. The lowest BCUT2D eigenvalue weighted by Crippen LogP contribution is -2.07. The fourth-order valence-corrected chi connectivity index (χ4v) is 2.30. The molecule has 3 rings (SSSR count). The number of esters is 1. The molecule has 3 aromatic rings. The zero-order valence-electron chi connectivity index (χ0n) is 14.1. The lowest BCUT2D eigenvalue weighted by molar-refractivity contribution is 0.0426. The Morgan fingerprint density at radius 1 is 1.19 bits per heavy atom. The maximum atomic E-state index is 12.8. The Bertz CT molecular complexity index is 930. The van der Waals surface area contributed by atoms with Crippen LogP contribution in [0.1, 0.15) is 22.1 Å². The summed E-state index contributed by atoms with van der Waals surface area (Å²) in [5.74, 6) is 0.150. The molecule has 0 bridgehead atoms. The summed E-state index contributed by atoms with van der Waals surface area (Å²) in [7, 11) is 1.44. The van der Waals surface area contributed by atoms with Crippen molar-refractivity contribution in [2.45, 2.75) is 13.2 Å². The maximum absolute atomic E-state index is 12.8. The molecule has 0 unspecified atom stereocenters. The van der Waals surface area contributed by atoms with Crippen molar-refractivity contribution in [1.82, 2.24) is 10.1 Å². The molecule has 0 aliphatic heterocycles. The molecular weight excluding hydrogens is 379 g/mol. The van der Waals surface area contributed by atoms with E-state index in [1.807, 2.05) is 0 Å². The highest BCUT2D eigenvalue weighted by Crippen LogP contribution is 2.23. The first-order valence-electron chi connectivity index (χ1n) is 7.75. The van der Waals surface area contributed by atoms with Crippen molar-refractivity contribution in [1.29, 1.82) is 0 Å². The van der Waals surface area contributed by atoms with Gasteiger partial charge in [-0.1, -0.05) is 16.8 Å². The summed E-state index contributed by atoms with van der Waals surface area (Å²) in [6.45, 7) is -0.205. The van der Waals surface area contributed by atoms with Gasteiger partial charge in [0.25, 0.3) is 5.89 Å². The molecule has 1 aromatic heterocycles. The van der Waals surface area contributed by atoms with Gasteiger partial charge in [0.15, 0.2) is 13.2 Å². The number of carbonyl (C=O) groups excluding carboxylic acids is 1. The molecule has 0 fully saturated rings. The van der Waals surface area contributed by atoms with Crippen LogP contribution in [-0.2, 0) is 18.0 Å². The number of benzene rings is 2. The standard InChI is InChI=1S/C18H14ClFN2O5/c1-24-15-7-2-11(19)8-14(15)18(23)26-10-17-21-16(22-27-17)9-25-13-5-3-12(20)4-6-13/h2-8H,9-10H2,1H3. The average molecular weight is 393 g/mol. The van der Waals surface area contributed by atoms with Gasteiger partial charge in [0, 0.05) is 5.02 Å². The summed E-state index contributed by atoms with van der Waals surface area (Å²) >= 11 is 5.89. The highest BCUT2D eigenvalue weighted by molar-refractivity contribution is 6.31. The second-order valence-electron chi connectivity index (χ2n) is 5.27. The second kappa shape index (κ2) is 8.50. The summed E-state index contributed by atoms with van der Waals surface area (Å²) in [6.07, 6.45) is 0. The minimum absolute atomic E-state index is 0.0190. The fraction of sp³-hybridized carbons (Fsp3) is 0.167. The van der Waals surface area contributed by atoms with Gasteiger partial charge in [-0.2, -0.15) is 4.98 Å². The van der Waals surface area contributed by atoms with Crippen molar-refractivity contribution in [3.05, 3.63) is 70.6 Å². The first-order valence-corrected chi connectivity index (χ1v) is 8.13. The second-order valence-corrected chi connectivity index (χ2v) is 5.70. The highest BCUT2D eigenvalue weighted by Gasteiger charge is 2.16. The van der Waals surface area contributed by atoms with E-state index in [4.69, 9.17) is 30.3 Å². The number of halogens is 2. The largest absolute Gasteiger partial charge is 0.496 e. The van der Waals surface area contributed by atoms with E-state index in [0.717, 1.165) is 0 Å². The van der Waals surface area contributed by atoms with E-state index in [9.17, 15) is 9.18 Å². The summed E-state index contributed by atoms with van der Waals surface area (Å²) in [4.78, 5) is 16.2. The number of nitrogens with zero attached hydrogens (tertiary/aromatic N) is 2. The Kier molecular flexibility index (Phi) is 5.87. The molecule has 2 aromatic carbocycles. The predicted octanol–water partition coefficient (Wildman–Crippen LogP) is 3.81. The molecule has 0 aliphatic carbocycles. The van der Waals surface area contributed by atoms with Gasteiger partial charge in [-0.15, -0.1) is 0 Å². The summed E-state index contributed by atoms with van der Waals surface area (Å²) in [5, 5.41) is 4.10. The van der Waals surface area contributed by atoms with Crippen molar-refractivity contribution in [2.24, 2.45) is 0 Å². The highest BCUT2D eigenvalue weighted by atomic mass is 35.5. The summed E-state index contributed by atoms with van der Waals surface area (Å²) < 4.78 is 33.5. The van der Waals surface area contributed by atoms with Crippen molar-refractivity contribution < 1.29 is 27.9 Å². The van der Waals surface area contributed by atoms with E-state index in [1.54, 1.807) is 12.1 Å². The number of aromatic nitrogens is 2. The monoisotopic (exact) mass is 392 g/mol. The third-order valence-corrected chi connectivity index (χ3v) is 3.63. The zero-order chi connectivity index (χ0) is 19.2. The number of hydrogen-bond donors (Lipinski definition) is 0. The van der Waals surface area contributed by atoms with Crippen LogP contribution in [0.15, 0.2) is 47.0 Å². The van der Waals surface area contributed by atoms with Crippen LogP contribution >= 0.6 is 11.6 Å². The number of hydrogen-bond acceptors (Lipinski definition) is 7. The molecule has 0 radical (unpaired) electrons. The molecule has 1 heterocycles. The SMILES string of the molecule is COc1ccc(Cl)cc1C(=O)OCc1nc(COc2ccc(F)cc2)no1. The van der Waals surface area contributed by atoms with Crippen LogP contribution in [0.25, 0.3) is 0 Å². The van der Waals surface area contributed by atoms with Gasteiger partial charge in [0.2, 0.25) is 5.82 Å². The molecule has 0 aliphatic rings. The van der Waals surface area contributed by atoms with Gasteiger partial charge in [-0.3, -0.25) is 0 Å². The third-order valence-electron chi connectivity index (χ3n) is 3.40. The molecule has 27 heavy (non-hydrogen) atoms. The molecule has 140 valence electrons. The first-order chi connectivity index (χ1) is 13.0. The molecule has 0 saturated carbocycles. The smallest absolute Gasteiger partial charge is 0.342 e. The normalized spacial score (nSPS) is 10.5. The Labute approximate surface area is 158 Å². The van der Waals surface area contributed by atoms with E-state index >= 15 is 0 Å². The van der Waals surface area contributed by atoms with E-state index < -0.39 is 5.97 Å². The molecule has 0 N–H and O–H groups in total. The van der Waals surface area contributed by atoms with Gasteiger partial charge < -0.3 is 18.7 Å². The summed E-state index contributed by atoms with van der Waals surface area (Å²) in [5.41, 5.74) is 0.185. The molecule has 0 spiro atoms. The van der Waals surface area contributed by atoms with Crippen LogP contribution in [0.4, 0.5) is 4.39 Å².